The molecule has 0 bridgehead atoms. The van der Waals surface area contributed by atoms with Crippen molar-refractivity contribution in [3.63, 3.8) is 0 Å². The minimum absolute atomic E-state index is 0.260. The standard InChI is InChI=1S/C16H22O10S/c1-7(18)12(6-17)13(23,8(2)19)14(24,9(3)20)15(25,10(4)21)16(26,27-12)11(5)22/h17,23-26H,6H2,1-5H3/t12-,13+,14-,15+,16+/m0/s1. The maximum Gasteiger partial charge on any atom is 0.210 e. The Morgan fingerprint density at radius 3 is 1.22 bits per heavy atom. The molecule has 0 amide bonds. The molecule has 11 heteroatoms. The van der Waals surface area contributed by atoms with Gasteiger partial charge in [-0.05, 0) is 34.6 Å². The number of thioether (sulfide) groups is 1. The van der Waals surface area contributed by atoms with Crippen LogP contribution in [-0.2, 0) is 24.0 Å². The van der Waals surface area contributed by atoms with Crippen LogP contribution in [0.1, 0.15) is 34.6 Å². The number of hydrogen-bond donors (Lipinski definition) is 5. The Morgan fingerprint density at radius 1 is 0.630 bits per heavy atom. The normalized spacial score (nSPS) is 41.7. The van der Waals surface area contributed by atoms with Crippen LogP contribution in [0.15, 0.2) is 0 Å². The molecule has 152 valence electrons. The summed E-state index contributed by atoms with van der Waals surface area (Å²) in [6, 6.07) is 0. The second-order valence-corrected chi connectivity index (χ2v) is 8.14. The highest BCUT2D eigenvalue weighted by atomic mass is 32.2. The summed E-state index contributed by atoms with van der Waals surface area (Å²) in [5.41, 5.74) is -11.1. The van der Waals surface area contributed by atoms with Crippen LogP contribution in [0.3, 0.4) is 0 Å². The maximum atomic E-state index is 12.4. The Bertz CT molecular complexity index is 749. The molecule has 0 aromatic carbocycles. The number of ketones is 5. The lowest BCUT2D eigenvalue weighted by atomic mass is 9.57. The zero-order chi connectivity index (χ0) is 21.8. The van der Waals surface area contributed by atoms with Gasteiger partial charge in [0.1, 0.15) is 4.75 Å². The van der Waals surface area contributed by atoms with E-state index >= 15 is 0 Å². The molecule has 1 saturated heterocycles. The molecule has 1 heterocycles. The first-order valence-corrected chi connectivity index (χ1v) is 8.56. The van der Waals surface area contributed by atoms with E-state index in [9.17, 15) is 49.5 Å². The van der Waals surface area contributed by atoms with Gasteiger partial charge in [0.25, 0.3) is 0 Å². The Hall–Kier alpha value is -1.50. The third-order valence-corrected chi connectivity index (χ3v) is 7.18. The summed E-state index contributed by atoms with van der Waals surface area (Å²) in [5.74, 6) is -7.13. The topological polar surface area (TPSA) is 186 Å². The number of Topliss-reactive ketones (excluding diaryl/α,β-unsaturated/α-hetero) is 5. The van der Waals surface area contributed by atoms with Gasteiger partial charge >= 0.3 is 0 Å². The SMILES string of the molecule is CC(=O)[C@@]1(O)[C@](O)(C(C)=O)[C@@](O)(C(C)=O)S[C@@](CO)(C(C)=O)[C@]1(O)C(C)=O. The molecule has 0 radical (unpaired) electrons. The molecule has 10 nitrogen and oxygen atoms in total. The average Bonchev–Trinajstić information content (AvgIpc) is 2.54. The van der Waals surface area contributed by atoms with Crippen molar-refractivity contribution in [1.82, 2.24) is 0 Å². The quantitative estimate of drug-likeness (QED) is 0.309. The summed E-state index contributed by atoms with van der Waals surface area (Å²) in [7, 11) is 0. The molecular weight excluding hydrogens is 384 g/mol. The van der Waals surface area contributed by atoms with E-state index in [1.165, 1.54) is 0 Å². The number of hydrogen-bond acceptors (Lipinski definition) is 11. The first-order chi connectivity index (χ1) is 12.0. The molecule has 1 aliphatic heterocycles. The molecule has 0 aromatic heterocycles. The number of rotatable bonds is 6. The van der Waals surface area contributed by atoms with Gasteiger partial charge in [0, 0.05) is 0 Å². The van der Waals surface area contributed by atoms with Crippen molar-refractivity contribution in [3.8, 4) is 0 Å². The van der Waals surface area contributed by atoms with Gasteiger partial charge in [-0.15, -0.1) is 0 Å². The first-order valence-electron chi connectivity index (χ1n) is 7.74. The fraction of sp³-hybridized carbons (Fsp3) is 0.688. The van der Waals surface area contributed by atoms with Gasteiger partial charge in [-0.3, -0.25) is 24.0 Å². The van der Waals surface area contributed by atoms with Crippen LogP contribution >= 0.6 is 11.8 Å². The van der Waals surface area contributed by atoms with Gasteiger partial charge in [0.05, 0.1) is 6.61 Å². The molecule has 0 aromatic rings. The molecule has 1 rings (SSSR count). The van der Waals surface area contributed by atoms with E-state index in [-0.39, 0.29) is 11.8 Å². The smallest absolute Gasteiger partial charge is 0.210 e. The number of carbonyl (C=O) groups excluding carboxylic acids is 5. The highest BCUT2D eigenvalue weighted by molar-refractivity contribution is 8.03. The zero-order valence-corrected chi connectivity index (χ0v) is 16.2. The molecule has 5 atom stereocenters. The zero-order valence-electron chi connectivity index (χ0n) is 15.4. The summed E-state index contributed by atoms with van der Waals surface area (Å²) < 4.78 is -2.85. The molecule has 0 aliphatic carbocycles. The van der Waals surface area contributed by atoms with Crippen LogP contribution in [0.2, 0.25) is 0 Å². The van der Waals surface area contributed by atoms with Gasteiger partial charge in [0.2, 0.25) is 16.1 Å². The van der Waals surface area contributed by atoms with E-state index in [1.807, 2.05) is 0 Å². The lowest BCUT2D eigenvalue weighted by Crippen LogP contribution is -2.91. The van der Waals surface area contributed by atoms with Gasteiger partial charge in [-0.1, -0.05) is 11.8 Å². The Balaban J connectivity index is 4.36. The molecular formula is C16H22O10S. The molecule has 0 unspecified atom stereocenters. The van der Waals surface area contributed by atoms with Crippen molar-refractivity contribution in [1.29, 1.82) is 0 Å². The van der Waals surface area contributed by atoms with Gasteiger partial charge in [-0.25, -0.2) is 0 Å². The van der Waals surface area contributed by atoms with Gasteiger partial charge < -0.3 is 25.5 Å². The van der Waals surface area contributed by atoms with E-state index < -0.39 is 62.0 Å². The lowest BCUT2D eigenvalue weighted by molar-refractivity contribution is -0.263. The predicted octanol–water partition coefficient (Wildman–Crippen LogP) is -2.71. The number of aliphatic hydroxyl groups is 5. The van der Waals surface area contributed by atoms with Crippen LogP contribution < -0.4 is 0 Å². The fourth-order valence-electron chi connectivity index (χ4n) is 3.65. The summed E-state index contributed by atoms with van der Waals surface area (Å²) in [4.78, 5) is 58.3. The Morgan fingerprint density at radius 2 is 1.00 bits per heavy atom. The average molecular weight is 406 g/mol. The van der Waals surface area contributed by atoms with Crippen LogP contribution in [0.4, 0.5) is 0 Å². The third-order valence-electron chi connectivity index (χ3n) is 5.24. The van der Waals surface area contributed by atoms with Crippen molar-refractivity contribution in [2.45, 2.75) is 61.1 Å². The van der Waals surface area contributed by atoms with Crippen LogP contribution in [0.25, 0.3) is 0 Å². The molecule has 5 N–H and O–H groups in total. The molecule has 1 aliphatic rings. The largest absolute Gasteiger partial charge is 0.394 e. The van der Waals surface area contributed by atoms with Crippen molar-refractivity contribution >= 4 is 40.7 Å². The second-order valence-electron chi connectivity index (χ2n) is 6.64. The van der Waals surface area contributed by atoms with Crippen LogP contribution in [-0.4, -0.2) is 87.5 Å². The van der Waals surface area contributed by atoms with Crippen molar-refractivity contribution < 1.29 is 49.5 Å². The van der Waals surface area contributed by atoms with Crippen LogP contribution in [0, 0.1) is 0 Å². The van der Waals surface area contributed by atoms with E-state index in [2.05, 4.69) is 0 Å². The monoisotopic (exact) mass is 406 g/mol. The second kappa shape index (κ2) is 6.54. The summed E-state index contributed by atoms with van der Waals surface area (Å²) in [5, 5.41) is 54.1. The van der Waals surface area contributed by atoms with E-state index in [1.54, 1.807) is 0 Å². The Labute approximate surface area is 158 Å². The van der Waals surface area contributed by atoms with Gasteiger partial charge in [-0.2, -0.15) is 0 Å². The number of carbonyl (C=O) groups is 5. The first kappa shape index (κ1) is 23.5. The molecule has 0 saturated carbocycles. The highest BCUT2D eigenvalue weighted by Gasteiger charge is 2.87. The fourth-order valence-corrected chi connectivity index (χ4v) is 5.39. The van der Waals surface area contributed by atoms with Crippen molar-refractivity contribution in [3.05, 3.63) is 0 Å². The molecule has 27 heavy (non-hydrogen) atoms. The third kappa shape index (κ3) is 2.30. The summed E-state index contributed by atoms with van der Waals surface area (Å²) in [6.07, 6.45) is 0. The van der Waals surface area contributed by atoms with Crippen molar-refractivity contribution in [2.75, 3.05) is 6.61 Å². The maximum absolute atomic E-state index is 12.4. The van der Waals surface area contributed by atoms with Gasteiger partial charge in [0.15, 0.2) is 34.5 Å². The predicted molar refractivity (Wildman–Crippen MR) is 90.6 cm³/mol. The van der Waals surface area contributed by atoms with E-state index in [0.717, 1.165) is 6.92 Å². The molecule has 0 spiro atoms. The number of aliphatic hydroxyl groups excluding tert-OH is 1. The Kier molecular flexibility index (Phi) is 5.70. The van der Waals surface area contributed by atoms with E-state index in [4.69, 9.17) is 0 Å². The lowest BCUT2D eigenvalue weighted by Gasteiger charge is -2.63. The van der Waals surface area contributed by atoms with Crippen LogP contribution in [0.5, 0.6) is 0 Å². The highest BCUT2D eigenvalue weighted by Crippen LogP contribution is 2.61. The molecule has 1 fully saturated rings. The minimum atomic E-state index is -3.84. The van der Waals surface area contributed by atoms with E-state index in [0.29, 0.717) is 27.7 Å². The van der Waals surface area contributed by atoms with Crippen molar-refractivity contribution in [2.24, 2.45) is 0 Å². The summed E-state index contributed by atoms with van der Waals surface area (Å²) in [6.45, 7) is 1.91. The minimum Gasteiger partial charge on any atom is -0.394 e. The summed E-state index contributed by atoms with van der Waals surface area (Å²) >= 11 is -0.260.